The predicted octanol–water partition coefficient (Wildman–Crippen LogP) is 2.23. The quantitative estimate of drug-likeness (QED) is 0.719. The average Bonchev–Trinajstić information content (AvgIpc) is 2.98. The zero-order chi connectivity index (χ0) is 19.7. The number of amides is 1. The van der Waals surface area contributed by atoms with Crippen LogP contribution in [-0.2, 0) is 11.2 Å². The average molecular weight is 371 g/mol. The topological polar surface area (TPSA) is 92.2 Å². The number of aryl methyl sites for hydroxylation is 2. The number of aromatic amines is 1. The van der Waals surface area contributed by atoms with Gasteiger partial charge in [-0.1, -0.05) is 26.0 Å². The van der Waals surface area contributed by atoms with Crippen molar-refractivity contribution in [3.05, 3.63) is 63.1 Å². The third-order valence-electron chi connectivity index (χ3n) is 4.57. The molecule has 7 nitrogen and oxygen atoms in total. The number of fused-ring (bicyclic) bond motifs is 1. The number of carbonyl (C=O) groups excluding carboxylic acids is 1. The molecule has 2 heterocycles. The summed E-state index contributed by atoms with van der Waals surface area (Å²) in [7, 11) is 0. The summed E-state index contributed by atoms with van der Waals surface area (Å²) >= 11 is 0. The van der Waals surface area contributed by atoms with Gasteiger partial charge in [0.1, 0.15) is 11.6 Å². The Bertz CT molecular complexity index is 1040. The molecule has 0 aliphatic carbocycles. The molecular weight excluding hydrogens is 349 g/mol. The van der Waals surface area contributed by atoms with Gasteiger partial charge in [-0.05, 0) is 37.5 Å². The first-order valence-corrected chi connectivity index (χ1v) is 8.76. The van der Waals surface area contributed by atoms with Crippen LogP contribution in [0.4, 0.5) is 4.39 Å². The molecule has 142 valence electrons. The Kier molecular flexibility index (Phi) is 5.07. The van der Waals surface area contributed by atoms with E-state index in [1.54, 1.807) is 26.0 Å². The van der Waals surface area contributed by atoms with Crippen LogP contribution in [0.1, 0.15) is 42.5 Å². The van der Waals surface area contributed by atoms with Crippen molar-refractivity contribution in [2.75, 3.05) is 0 Å². The van der Waals surface area contributed by atoms with Gasteiger partial charge in [0.15, 0.2) is 0 Å². The summed E-state index contributed by atoms with van der Waals surface area (Å²) in [6.07, 6.45) is -0.0877. The number of H-pyrrole nitrogens is 1. The number of hydrogen-bond donors (Lipinski definition) is 2. The molecular formula is C19H22FN5O2. The van der Waals surface area contributed by atoms with Gasteiger partial charge in [-0.25, -0.2) is 18.9 Å². The van der Waals surface area contributed by atoms with Crippen LogP contribution in [0.3, 0.4) is 0 Å². The maximum absolute atomic E-state index is 13.2. The van der Waals surface area contributed by atoms with Crippen LogP contribution in [0.2, 0.25) is 0 Å². The lowest BCUT2D eigenvalue weighted by Crippen LogP contribution is -2.35. The van der Waals surface area contributed by atoms with E-state index in [2.05, 4.69) is 20.5 Å². The third-order valence-corrected chi connectivity index (χ3v) is 4.57. The minimum absolute atomic E-state index is 0.0877. The Morgan fingerprint density at radius 1 is 1.26 bits per heavy atom. The summed E-state index contributed by atoms with van der Waals surface area (Å²) in [5.74, 6) is 0.312. The number of halogens is 1. The van der Waals surface area contributed by atoms with Crippen LogP contribution in [-0.4, -0.2) is 25.5 Å². The number of nitrogens with zero attached hydrogens (tertiary/aromatic N) is 3. The van der Waals surface area contributed by atoms with E-state index in [-0.39, 0.29) is 35.7 Å². The van der Waals surface area contributed by atoms with Gasteiger partial charge >= 0.3 is 0 Å². The first kappa shape index (κ1) is 18.8. The highest BCUT2D eigenvalue weighted by Gasteiger charge is 2.21. The minimum atomic E-state index is -0.328. The zero-order valence-electron chi connectivity index (χ0n) is 15.7. The molecule has 0 bridgehead atoms. The van der Waals surface area contributed by atoms with Gasteiger partial charge in [0.25, 0.3) is 5.56 Å². The molecule has 0 aliphatic heterocycles. The van der Waals surface area contributed by atoms with E-state index in [1.807, 2.05) is 13.8 Å². The molecule has 1 amide bonds. The van der Waals surface area contributed by atoms with Gasteiger partial charge in [0.05, 0.1) is 18.2 Å². The molecule has 27 heavy (non-hydrogen) atoms. The summed E-state index contributed by atoms with van der Waals surface area (Å²) in [6.45, 7) is 7.32. The molecule has 3 aromatic rings. The van der Waals surface area contributed by atoms with E-state index >= 15 is 0 Å². The molecule has 8 heteroatoms. The molecule has 0 spiro atoms. The fourth-order valence-electron chi connectivity index (χ4n) is 3.11. The van der Waals surface area contributed by atoms with E-state index < -0.39 is 0 Å². The normalized spacial score (nSPS) is 12.5. The summed E-state index contributed by atoms with van der Waals surface area (Å²) in [5.41, 5.74) is 1.33. The van der Waals surface area contributed by atoms with E-state index in [0.29, 0.717) is 22.9 Å². The van der Waals surface area contributed by atoms with Crippen molar-refractivity contribution < 1.29 is 9.18 Å². The van der Waals surface area contributed by atoms with Crippen LogP contribution in [0.15, 0.2) is 29.1 Å². The van der Waals surface area contributed by atoms with E-state index in [0.717, 1.165) is 5.56 Å². The molecule has 0 unspecified atom stereocenters. The lowest BCUT2D eigenvalue weighted by atomic mass is 9.95. The maximum atomic E-state index is 13.2. The van der Waals surface area contributed by atoms with Gasteiger partial charge in [-0.3, -0.25) is 9.59 Å². The van der Waals surface area contributed by atoms with E-state index in [9.17, 15) is 14.0 Å². The largest absolute Gasteiger partial charge is 0.349 e. The Morgan fingerprint density at radius 3 is 2.56 bits per heavy atom. The molecule has 0 saturated heterocycles. The van der Waals surface area contributed by atoms with Crippen LogP contribution >= 0.6 is 0 Å². The molecule has 0 fully saturated rings. The zero-order valence-corrected chi connectivity index (χ0v) is 15.7. The van der Waals surface area contributed by atoms with Gasteiger partial charge in [-0.15, -0.1) is 0 Å². The fraction of sp³-hybridized carbons (Fsp3) is 0.368. The summed E-state index contributed by atoms with van der Waals surface area (Å²) < 4.78 is 14.5. The molecule has 1 atom stereocenters. The highest BCUT2D eigenvalue weighted by atomic mass is 19.1. The molecule has 3 rings (SSSR count). The Labute approximate surface area is 155 Å². The van der Waals surface area contributed by atoms with E-state index in [4.69, 9.17) is 0 Å². The second-order valence-corrected chi connectivity index (χ2v) is 6.93. The SMILES string of the molecule is Cc1nc2[nH]nc(C)n2c(=O)c1CC(=O)N[C@@H](c1ccc(F)cc1)C(C)C. The van der Waals surface area contributed by atoms with Crippen molar-refractivity contribution in [1.29, 1.82) is 0 Å². The number of rotatable bonds is 5. The van der Waals surface area contributed by atoms with Gasteiger partial charge < -0.3 is 5.32 Å². The molecule has 1 aromatic carbocycles. The highest BCUT2D eigenvalue weighted by molar-refractivity contribution is 5.79. The highest BCUT2D eigenvalue weighted by Crippen LogP contribution is 2.22. The van der Waals surface area contributed by atoms with Crippen LogP contribution in [0.5, 0.6) is 0 Å². The first-order valence-electron chi connectivity index (χ1n) is 8.76. The smallest absolute Gasteiger partial charge is 0.264 e. The van der Waals surface area contributed by atoms with Crippen LogP contribution < -0.4 is 10.9 Å². The van der Waals surface area contributed by atoms with Crippen LogP contribution in [0, 0.1) is 25.6 Å². The minimum Gasteiger partial charge on any atom is -0.349 e. The summed E-state index contributed by atoms with van der Waals surface area (Å²) in [4.78, 5) is 29.7. The van der Waals surface area contributed by atoms with Crippen LogP contribution in [0.25, 0.3) is 5.78 Å². The van der Waals surface area contributed by atoms with Gasteiger partial charge in [-0.2, -0.15) is 5.10 Å². The third kappa shape index (κ3) is 3.74. The number of nitrogens with one attached hydrogen (secondary N) is 2. The van der Waals surface area contributed by atoms with Crippen molar-refractivity contribution >= 4 is 11.7 Å². The van der Waals surface area contributed by atoms with Crippen molar-refractivity contribution in [1.82, 2.24) is 24.9 Å². The number of hydrogen-bond acceptors (Lipinski definition) is 4. The lowest BCUT2D eigenvalue weighted by molar-refractivity contribution is -0.121. The van der Waals surface area contributed by atoms with Crippen molar-refractivity contribution in [2.45, 2.75) is 40.2 Å². The Balaban J connectivity index is 1.86. The number of benzene rings is 1. The fourth-order valence-corrected chi connectivity index (χ4v) is 3.11. The second kappa shape index (κ2) is 7.30. The lowest BCUT2D eigenvalue weighted by Gasteiger charge is -2.23. The molecule has 0 saturated carbocycles. The Hall–Kier alpha value is -3.03. The maximum Gasteiger partial charge on any atom is 0.264 e. The first-order chi connectivity index (χ1) is 12.8. The molecule has 0 aliphatic rings. The number of aromatic nitrogens is 4. The molecule has 2 N–H and O–H groups in total. The van der Waals surface area contributed by atoms with Crippen molar-refractivity contribution in [3.8, 4) is 0 Å². The molecule has 0 radical (unpaired) electrons. The standard InChI is InChI=1S/C19H22FN5O2/c1-10(2)17(13-5-7-14(20)8-6-13)22-16(26)9-15-11(3)21-19-24-23-12(4)25(19)18(15)27/h5-8,10,17H,9H2,1-4H3,(H,21,24)(H,22,26)/t17-/m1/s1. The summed E-state index contributed by atoms with van der Waals surface area (Å²) in [6, 6.07) is 5.76. The Morgan fingerprint density at radius 2 is 1.93 bits per heavy atom. The second-order valence-electron chi connectivity index (χ2n) is 6.93. The van der Waals surface area contributed by atoms with Crippen molar-refractivity contribution in [3.63, 3.8) is 0 Å². The predicted molar refractivity (Wildman–Crippen MR) is 98.9 cm³/mol. The molecule has 2 aromatic heterocycles. The monoisotopic (exact) mass is 371 g/mol. The van der Waals surface area contributed by atoms with Crippen molar-refractivity contribution in [2.24, 2.45) is 5.92 Å². The number of carbonyl (C=O) groups is 1. The van der Waals surface area contributed by atoms with Gasteiger partial charge in [0, 0.05) is 5.56 Å². The summed E-state index contributed by atoms with van der Waals surface area (Å²) in [5, 5.41) is 9.63. The van der Waals surface area contributed by atoms with E-state index in [1.165, 1.54) is 16.5 Å². The van der Waals surface area contributed by atoms with Gasteiger partial charge in [0.2, 0.25) is 11.7 Å².